The largest absolute Gasteiger partial charge is 0.493 e. The third kappa shape index (κ3) is 3.02. The molecule has 0 amide bonds. The van der Waals surface area contributed by atoms with E-state index in [1.807, 2.05) is 18.2 Å². The summed E-state index contributed by atoms with van der Waals surface area (Å²) < 4.78 is 10.9. The van der Waals surface area contributed by atoms with Crippen molar-refractivity contribution in [3.63, 3.8) is 0 Å². The van der Waals surface area contributed by atoms with Crippen LogP contribution in [0.1, 0.15) is 37.2 Å². The molecule has 0 bridgehead atoms. The first-order valence-electron chi connectivity index (χ1n) is 8.33. The quantitative estimate of drug-likeness (QED) is 0.904. The van der Waals surface area contributed by atoms with E-state index in [9.17, 15) is 9.90 Å². The highest BCUT2D eigenvalue weighted by Gasteiger charge is 2.42. The Kier molecular flexibility index (Phi) is 4.76. The van der Waals surface area contributed by atoms with Crippen LogP contribution in [0.5, 0.6) is 11.5 Å². The maximum atomic E-state index is 11.8. The Morgan fingerprint density at radius 3 is 2.52 bits per heavy atom. The summed E-state index contributed by atoms with van der Waals surface area (Å²) in [6, 6.07) is 6.27. The fourth-order valence-corrected chi connectivity index (χ4v) is 4.17. The molecule has 0 unspecified atom stereocenters. The topological polar surface area (TPSA) is 59.0 Å². The van der Waals surface area contributed by atoms with Crippen LogP contribution < -0.4 is 9.47 Å². The summed E-state index contributed by atoms with van der Waals surface area (Å²) in [7, 11) is 3.22. The Hall–Kier alpha value is -1.75. The van der Waals surface area contributed by atoms with Crippen molar-refractivity contribution >= 4 is 5.97 Å². The minimum Gasteiger partial charge on any atom is -0.493 e. The number of para-hydroxylation sites is 1. The molecule has 126 valence electrons. The molecular formula is C18H25NO4. The lowest BCUT2D eigenvalue weighted by atomic mass is 9.88. The van der Waals surface area contributed by atoms with Crippen LogP contribution in [0, 0.1) is 5.92 Å². The number of hydrogen-bond acceptors (Lipinski definition) is 4. The van der Waals surface area contributed by atoms with E-state index in [4.69, 9.17) is 9.47 Å². The highest BCUT2D eigenvalue weighted by atomic mass is 16.5. The van der Waals surface area contributed by atoms with Gasteiger partial charge in [0.15, 0.2) is 11.5 Å². The van der Waals surface area contributed by atoms with Crippen LogP contribution in [-0.2, 0) is 4.79 Å². The summed E-state index contributed by atoms with van der Waals surface area (Å²) >= 11 is 0. The molecule has 5 nitrogen and oxygen atoms in total. The van der Waals surface area contributed by atoms with E-state index in [0.29, 0.717) is 24.1 Å². The van der Waals surface area contributed by atoms with Gasteiger partial charge in [-0.25, -0.2) is 0 Å². The summed E-state index contributed by atoms with van der Waals surface area (Å²) in [6.07, 6.45) is 4.89. The number of ether oxygens (including phenoxy) is 2. The first kappa shape index (κ1) is 16.1. The van der Waals surface area contributed by atoms with E-state index in [0.717, 1.165) is 12.1 Å². The van der Waals surface area contributed by atoms with Gasteiger partial charge in [0.1, 0.15) is 0 Å². The van der Waals surface area contributed by atoms with Crippen molar-refractivity contribution in [2.75, 3.05) is 27.3 Å². The van der Waals surface area contributed by atoms with E-state index in [1.165, 1.54) is 25.7 Å². The van der Waals surface area contributed by atoms with Crippen molar-refractivity contribution in [2.45, 2.75) is 37.6 Å². The van der Waals surface area contributed by atoms with Gasteiger partial charge in [0, 0.05) is 30.6 Å². The van der Waals surface area contributed by atoms with Crippen molar-refractivity contribution in [3.05, 3.63) is 23.8 Å². The first-order valence-corrected chi connectivity index (χ1v) is 8.33. The highest BCUT2D eigenvalue weighted by Crippen LogP contribution is 2.43. The summed E-state index contributed by atoms with van der Waals surface area (Å²) in [4.78, 5) is 14.2. The second-order valence-corrected chi connectivity index (χ2v) is 6.53. The van der Waals surface area contributed by atoms with E-state index in [2.05, 4.69) is 4.90 Å². The monoisotopic (exact) mass is 319 g/mol. The zero-order valence-electron chi connectivity index (χ0n) is 13.8. The lowest BCUT2D eigenvalue weighted by molar-refractivity contribution is -0.141. The third-order valence-corrected chi connectivity index (χ3v) is 5.34. The number of hydrogen-bond donors (Lipinski definition) is 1. The lowest BCUT2D eigenvalue weighted by Crippen LogP contribution is -2.31. The second-order valence-electron chi connectivity index (χ2n) is 6.53. The maximum absolute atomic E-state index is 11.8. The number of carboxylic acid groups (broad SMARTS) is 1. The Morgan fingerprint density at radius 1 is 1.17 bits per heavy atom. The molecular weight excluding hydrogens is 294 g/mol. The lowest BCUT2D eigenvalue weighted by Gasteiger charge is -2.23. The van der Waals surface area contributed by atoms with Gasteiger partial charge in [0.25, 0.3) is 0 Å². The van der Waals surface area contributed by atoms with Crippen LogP contribution in [0.15, 0.2) is 18.2 Å². The molecule has 0 radical (unpaired) electrons. The van der Waals surface area contributed by atoms with Crippen molar-refractivity contribution in [1.29, 1.82) is 0 Å². The van der Waals surface area contributed by atoms with Gasteiger partial charge in [-0.05, 0) is 18.9 Å². The number of nitrogens with zero attached hydrogens (tertiary/aromatic N) is 1. The molecule has 1 saturated heterocycles. The first-order chi connectivity index (χ1) is 11.2. The van der Waals surface area contributed by atoms with Gasteiger partial charge in [0.05, 0.1) is 20.1 Å². The van der Waals surface area contributed by atoms with Crippen LogP contribution >= 0.6 is 0 Å². The van der Waals surface area contributed by atoms with E-state index < -0.39 is 11.9 Å². The maximum Gasteiger partial charge on any atom is 0.308 e. The molecule has 1 saturated carbocycles. The van der Waals surface area contributed by atoms with Crippen LogP contribution in [0.25, 0.3) is 0 Å². The summed E-state index contributed by atoms with van der Waals surface area (Å²) in [5, 5.41) is 9.70. The molecule has 2 aliphatic rings. The number of methoxy groups -OCH3 is 2. The van der Waals surface area contributed by atoms with Gasteiger partial charge in [-0.1, -0.05) is 25.0 Å². The summed E-state index contributed by atoms with van der Waals surface area (Å²) in [6.45, 7) is 1.41. The Labute approximate surface area is 137 Å². The van der Waals surface area contributed by atoms with Crippen molar-refractivity contribution in [3.8, 4) is 11.5 Å². The molecule has 1 aromatic carbocycles. The number of likely N-dealkylation sites (tertiary alicyclic amines) is 1. The Morgan fingerprint density at radius 2 is 1.91 bits per heavy atom. The van der Waals surface area contributed by atoms with Crippen LogP contribution in [-0.4, -0.2) is 49.3 Å². The van der Waals surface area contributed by atoms with E-state index in [-0.39, 0.29) is 5.92 Å². The SMILES string of the molecule is COc1cccc([C@@H]2CN(C3CCCC3)C[C@H]2C(=O)O)c1OC. The zero-order chi connectivity index (χ0) is 16.4. The van der Waals surface area contributed by atoms with Gasteiger partial charge in [-0.2, -0.15) is 0 Å². The van der Waals surface area contributed by atoms with Gasteiger partial charge in [-0.15, -0.1) is 0 Å². The van der Waals surface area contributed by atoms with Gasteiger partial charge in [0.2, 0.25) is 0 Å². The molecule has 5 heteroatoms. The predicted molar refractivity (Wildman–Crippen MR) is 87.2 cm³/mol. The summed E-state index contributed by atoms with van der Waals surface area (Å²) in [5.74, 6) is 0.156. The molecule has 1 heterocycles. The van der Waals surface area contributed by atoms with Crippen molar-refractivity contribution in [1.82, 2.24) is 4.90 Å². The molecule has 1 aromatic rings. The fraction of sp³-hybridized carbons (Fsp3) is 0.611. The van der Waals surface area contributed by atoms with Gasteiger partial charge >= 0.3 is 5.97 Å². The molecule has 2 fully saturated rings. The molecule has 0 aromatic heterocycles. The highest BCUT2D eigenvalue weighted by molar-refractivity contribution is 5.73. The Balaban J connectivity index is 1.91. The van der Waals surface area contributed by atoms with Crippen molar-refractivity contribution < 1.29 is 19.4 Å². The van der Waals surface area contributed by atoms with Crippen LogP contribution in [0.4, 0.5) is 0 Å². The fourth-order valence-electron chi connectivity index (χ4n) is 4.17. The predicted octanol–water partition coefficient (Wildman–Crippen LogP) is 2.75. The molecule has 1 aliphatic heterocycles. The average Bonchev–Trinajstić information content (AvgIpc) is 3.22. The molecule has 23 heavy (non-hydrogen) atoms. The van der Waals surface area contributed by atoms with E-state index >= 15 is 0 Å². The molecule has 3 rings (SSSR count). The van der Waals surface area contributed by atoms with Crippen molar-refractivity contribution in [2.24, 2.45) is 5.92 Å². The molecule has 1 aliphatic carbocycles. The van der Waals surface area contributed by atoms with Crippen LogP contribution in [0.3, 0.4) is 0 Å². The minimum absolute atomic E-state index is 0.0573. The third-order valence-electron chi connectivity index (χ3n) is 5.34. The smallest absolute Gasteiger partial charge is 0.308 e. The number of rotatable bonds is 5. The summed E-state index contributed by atoms with van der Waals surface area (Å²) in [5.41, 5.74) is 0.944. The van der Waals surface area contributed by atoms with Gasteiger partial charge in [-0.3, -0.25) is 9.69 Å². The normalized spacial score (nSPS) is 25.7. The molecule has 0 spiro atoms. The minimum atomic E-state index is -0.722. The van der Waals surface area contributed by atoms with Gasteiger partial charge < -0.3 is 14.6 Å². The number of carboxylic acids is 1. The average molecular weight is 319 g/mol. The number of aliphatic carboxylic acids is 1. The van der Waals surface area contributed by atoms with Crippen LogP contribution in [0.2, 0.25) is 0 Å². The Bertz CT molecular complexity index is 568. The number of carbonyl (C=O) groups is 1. The standard InChI is InChI=1S/C18H25NO4/c1-22-16-9-5-8-13(17(16)23-2)14-10-19(11-15(14)18(20)21)12-6-3-4-7-12/h5,8-9,12,14-15H,3-4,6-7,10-11H2,1-2H3,(H,20,21)/t14-,15+/m0/s1. The molecule has 1 N–H and O–H groups in total. The molecule has 2 atom stereocenters. The second kappa shape index (κ2) is 6.79. The number of benzene rings is 1. The zero-order valence-corrected chi connectivity index (χ0v) is 13.8. The van der Waals surface area contributed by atoms with E-state index in [1.54, 1.807) is 14.2 Å².